The molecule has 1 aliphatic heterocycles. The van der Waals surface area contributed by atoms with Crippen LogP contribution in [0.2, 0.25) is 0 Å². The number of hydrogen-bond donors (Lipinski definition) is 1. The minimum atomic E-state index is 0.236. The maximum Gasteiger partial charge on any atom is 0.191 e. The molecule has 2 N–H and O–H groups in total. The number of aliphatic imine (C=N–C) groups is 1. The Bertz CT molecular complexity index is 391. The van der Waals surface area contributed by atoms with Crippen LogP contribution in [-0.4, -0.2) is 28.9 Å². The molecule has 15 heavy (non-hydrogen) atoms. The fraction of sp³-hybridized carbons (Fsp3) is 0.400. The van der Waals surface area contributed by atoms with Crippen LogP contribution >= 0.6 is 15.9 Å². The maximum absolute atomic E-state index is 5.80. The normalized spacial score (nSPS) is 20.5. The van der Waals surface area contributed by atoms with Gasteiger partial charge in [-0.1, -0.05) is 0 Å². The summed E-state index contributed by atoms with van der Waals surface area (Å²) >= 11 is 3.42. The van der Waals surface area contributed by atoms with E-state index in [1.54, 1.807) is 6.20 Å². The molecule has 0 amide bonds. The van der Waals surface area contributed by atoms with Crippen LogP contribution < -0.4 is 5.73 Å². The summed E-state index contributed by atoms with van der Waals surface area (Å²) in [6, 6.07) is 2.30. The molecule has 0 saturated heterocycles. The van der Waals surface area contributed by atoms with Crippen LogP contribution in [0.1, 0.15) is 18.5 Å². The van der Waals surface area contributed by atoms with E-state index in [1.165, 1.54) is 0 Å². The molecule has 0 bridgehead atoms. The molecule has 1 unspecified atom stereocenters. The second-order valence-corrected chi connectivity index (χ2v) is 4.35. The summed E-state index contributed by atoms with van der Waals surface area (Å²) in [7, 11) is 0. The lowest BCUT2D eigenvalue weighted by molar-refractivity contribution is 0.363. The first-order valence-electron chi connectivity index (χ1n) is 4.89. The molecule has 0 fully saturated rings. The Kier molecular flexibility index (Phi) is 2.90. The van der Waals surface area contributed by atoms with Gasteiger partial charge >= 0.3 is 0 Å². The smallest absolute Gasteiger partial charge is 0.191 e. The first-order chi connectivity index (χ1) is 7.22. The minimum Gasteiger partial charge on any atom is -0.370 e. The average Bonchev–Trinajstić information content (AvgIpc) is 2.59. The molecule has 5 heteroatoms. The van der Waals surface area contributed by atoms with E-state index in [4.69, 9.17) is 5.73 Å². The van der Waals surface area contributed by atoms with Crippen molar-refractivity contribution < 1.29 is 0 Å². The van der Waals surface area contributed by atoms with Crippen LogP contribution in [0.5, 0.6) is 0 Å². The Morgan fingerprint density at radius 2 is 2.40 bits per heavy atom. The highest BCUT2D eigenvalue weighted by Gasteiger charge is 2.26. The van der Waals surface area contributed by atoms with Gasteiger partial charge in [-0.15, -0.1) is 0 Å². The van der Waals surface area contributed by atoms with E-state index in [0.717, 1.165) is 23.1 Å². The van der Waals surface area contributed by atoms with Gasteiger partial charge in [-0.25, -0.2) is 0 Å². The van der Waals surface area contributed by atoms with E-state index in [9.17, 15) is 0 Å². The number of hydrogen-bond acceptors (Lipinski definition) is 4. The van der Waals surface area contributed by atoms with Crippen molar-refractivity contribution in [3.05, 3.63) is 28.5 Å². The topological polar surface area (TPSA) is 54.5 Å². The molecule has 0 radical (unpaired) electrons. The third-order valence-corrected chi connectivity index (χ3v) is 2.98. The van der Waals surface area contributed by atoms with Crippen molar-refractivity contribution in [2.75, 3.05) is 13.1 Å². The van der Waals surface area contributed by atoms with Crippen molar-refractivity contribution in [1.29, 1.82) is 0 Å². The molecular formula is C10H13BrN4. The van der Waals surface area contributed by atoms with Crippen LogP contribution in [0.4, 0.5) is 0 Å². The largest absolute Gasteiger partial charge is 0.370 e. The van der Waals surface area contributed by atoms with Crippen molar-refractivity contribution in [2.45, 2.75) is 13.0 Å². The van der Waals surface area contributed by atoms with Crippen LogP contribution in [0.25, 0.3) is 0 Å². The summed E-state index contributed by atoms with van der Waals surface area (Å²) in [5.41, 5.74) is 6.95. The number of nitrogens with zero attached hydrogens (tertiary/aromatic N) is 3. The first kappa shape index (κ1) is 10.4. The van der Waals surface area contributed by atoms with Gasteiger partial charge in [-0.05, 0) is 34.5 Å². The van der Waals surface area contributed by atoms with Crippen molar-refractivity contribution >= 4 is 21.9 Å². The molecule has 0 saturated carbocycles. The van der Waals surface area contributed by atoms with Gasteiger partial charge in [0.15, 0.2) is 5.96 Å². The summed E-state index contributed by atoms with van der Waals surface area (Å²) in [6.07, 6.45) is 3.64. The SMILES string of the molecule is CCN1C(N)=NCC1c1cncc(Br)c1. The van der Waals surface area contributed by atoms with Crippen LogP contribution in [-0.2, 0) is 0 Å². The molecule has 1 aromatic heterocycles. The van der Waals surface area contributed by atoms with Gasteiger partial charge in [0, 0.05) is 23.4 Å². The van der Waals surface area contributed by atoms with E-state index in [-0.39, 0.29) is 6.04 Å². The zero-order chi connectivity index (χ0) is 10.8. The van der Waals surface area contributed by atoms with Crippen molar-refractivity contribution in [2.24, 2.45) is 10.7 Å². The third kappa shape index (κ3) is 1.97. The standard InChI is InChI=1S/C10H13BrN4/c1-2-15-9(6-14-10(15)12)7-3-8(11)5-13-4-7/h3-5,9H,2,6H2,1H3,(H2,12,14). The van der Waals surface area contributed by atoms with Crippen LogP contribution in [0.3, 0.4) is 0 Å². The highest BCUT2D eigenvalue weighted by molar-refractivity contribution is 9.10. The minimum absolute atomic E-state index is 0.236. The Morgan fingerprint density at radius 1 is 1.60 bits per heavy atom. The molecule has 1 atom stereocenters. The van der Waals surface area contributed by atoms with Gasteiger partial charge in [-0.3, -0.25) is 9.98 Å². The maximum atomic E-state index is 5.80. The fourth-order valence-corrected chi connectivity index (χ4v) is 2.19. The zero-order valence-corrected chi connectivity index (χ0v) is 10.1. The predicted octanol–water partition coefficient (Wildman–Crippen LogP) is 1.54. The van der Waals surface area contributed by atoms with E-state index < -0.39 is 0 Å². The van der Waals surface area contributed by atoms with Gasteiger partial charge in [0.1, 0.15) is 0 Å². The summed E-state index contributed by atoms with van der Waals surface area (Å²) < 4.78 is 0.988. The van der Waals surface area contributed by atoms with Gasteiger partial charge in [0.2, 0.25) is 0 Å². The summed E-state index contributed by atoms with van der Waals surface area (Å²) in [4.78, 5) is 10.5. The average molecular weight is 269 g/mol. The van der Waals surface area contributed by atoms with E-state index >= 15 is 0 Å². The first-order valence-corrected chi connectivity index (χ1v) is 5.68. The molecular weight excluding hydrogens is 256 g/mol. The molecule has 1 aromatic rings. The number of halogens is 1. The highest BCUT2D eigenvalue weighted by atomic mass is 79.9. The molecule has 2 rings (SSSR count). The Balaban J connectivity index is 2.26. The molecule has 4 nitrogen and oxygen atoms in total. The van der Waals surface area contributed by atoms with Crippen molar-refractivity contribution in [1.82, 2.24) is 9.88 Å². The fourth-order valence-electron chi connectivity index (χ4n) is 1.81. The Morgan fingerprint density at radius 3 is 3.07 bits per heavy atom. The number of likely N-dealkylation sites (N-methyl/N-ethyl adjacent to an activating group) is 1. The lowest BCUT2D eigenvalue weighted by atomic mass is 10.1. The third-order valence-electron chi connectivity index (χ3n) is 2.55. The number of nitrogens with two attached hydrogens (primary N) is 1. The summed E-state index contributed by atoms with van der Waals surface area (Å²) in [5, 5.41) is 0. The van der Waals surface area contributed by atoms with Crippen molar-refractivity contribution in [3.8, 4) is 0 Å². The zero-order valence-electron chi connectivity index (χ0n) is 8.52. The molecule has 2 heterocycles. The second-order valence-electron chi connectivity index (χ2n) is 3.44. The van der Waals surface area contributed by atoms with Gasteiger partial charge < -0.3 is 10.6 Å². The van der Waals surface area contributed by atoms with Gasteiger partial charge in [0.25, 0.3) is 0 Å². The highest BCUT2D eigenvalue weighted by Crippen LogP contribution is 2.26. The predicted molar refractivity (Wildman–Crippen MR) is 63.5 cm³/mol. The van der Waals surface area contributed by atoms with Gasteiger partial charge in [-0.2, -0.15) is 0 Å². The monoisotopic (exact) mass is 268 g/mol. The van der Waals surface area contributed by atoms with Crippen LogP contribution in [0.15, 0.2) is 27.9 Å². The number of guanidine groups is 1. The summed E-state index contributed by atoms with van der Waals surface area (Å²) in [5.74, 6) is 0.627. The second kappa shape index (κ2) is 4.18. The molecule has 0 spiro atoms. The quantitative estimate of drug-likeness (QED) is 0.886. The summed E-state index contributed by atoms with van der Waals surface area (Å²) in [6.45, 7) is 3.66. The van der Waals surface area contributed by atoms with Gasteiger partial charge in [0.05, 0.1) is 12.6 Å². The molecule has 0 aromatic carbocycles. The van der Waals surface area contributed by atoms with E-state index in [1.807, 2.05) is 6.20 Å². The van der Waals surface area contributed by atoms with Crippen LogP contribution in [0, 0.1) is 0 Å². The Hall–Kier alpha value is -1.10. The van der Waals surface area contributed by atoms with Crippen molar-refractivity contribution in [3.63, 3.8) is 0 Å². The molecule has 0 aliphatic carbocycles. The molecule has 80 valence electrons. The lowest BCUT2D eigenvalue weighted by Crippen LogP contribution is -2.35. The number of rotatable bonds is 2. The van der Waals surface area contributed by atoms with E-state index in [0.29, 0.717) is 5.96 Å². The number of aromatic nitrogens is 1. The molecule has 1 aliphatic rings. The Labute approximate surface area is 97.3 Å². The van der Waals surface area contributed by atoms with E-state index in [2.05, 4.69) is 43.8 Å². The number of pyridine rings is 1. The lowest BCUT2D eigenvalue weighted by Gasteiger charge is -2.24.